The summed E-state index contributed by atoms with van der Waals surface area (Å²) in [7, 11) is 0. The molecule has 1 N–H and O–H groups in total. The highest BCUT2D eigenvalue weighted by Crippen LogP contribution is 2.39. The zero-order chi connectivity index (χ0) is 39.2. The predicted octanol–water partition coefficient (Wildman–Crippen LogP) is 10.3. The summed E-state index contributed by atoms with van der Waals surface area (Å²) >= 11 is 24.5. The molecule has 0 radical (unpaired) electrons. The van der Waals surface area contributed by atoms with Crippen LogP contribution in [0.15, 0.2) is 24.3 Å². The van der Waals surface area contributed by atoms with E-state index in [1.165, 1.54) is 0 Å². The number of carbonyl (C=O) groups excluding carboxylic acids is 2. The van der Waals surface area contributed by atoms with Crippen LogP contribution in [0, 0.1) is 0 Å². The van der Waals surface area contributed by atoms with Crippen LogP contribution in [0.4, 0.5) is 0 Å². The van der Waals surface area contributed by atoms with Crippen molar-refractivity contribution in [1.29, 1.82) is 0 Å². The van der Waals surface area contributed by atoms with Gasteiger partial charge in [0.05, 0.1) is 12.8 Å². The average molecular weight is 855 g/mol. The summed E-state index contributed by atoms with van der Waals surface area (Å²) in [6, 6.07) is 7.19. The van der Waals surface area contributed by atoms with Gasteiger partial charge < -0.3 is 33.7 Å². The van der Waals surface area contributed by atoms with Crippen LogP contribution in [0.2, 0.25) is 10.0 Å². The van der Waals surface area contributed by atoms with Crippen molar-refractivity contribution in [3.8, 4) is 23.0 Å². The summed E-state index contributed by atoms with van der Waals surface area (Å²) in [6.07, 6.45) is 4.42. The molecule has 2 atom stereocenters. The van der Waals surface area contributed by atoms with Crippen LogP contribution in [0.3, 0.4) is 0 Å². The SMILES string of the molecule is C.C.CC(C)(C)OC(=O)C[C@@H](Cc1cc2c(cc1Cl)OCO2)NCCCCl.CCCN(CCCCl)[C@@H](CC(=O)OC(C)(C)C)Cc1cc2c(cc1Cl)OCO2. The van der Waals surface area contributed by atoms with Crippen LogP contribution in [-0.2, 0) is 31.9 Å². The summed E-state index contributed by atoms with van der Waals surface area (Å²) in [5.41, 5.74) is 0.821. The Labute approximate surface area is 350 Å². The topological polar surface area (TPSA) is 105 Å². The molecule has 10 nitrogen and oxygen atoms in total. The third kappa shape index (κ3) is 18.2. The van der Waals surface area contributed by atoms with Crippen molar-refractivity contribution in [2.24, 2.45) is 0 Å². The van der Waals surface area contributed by atoms with Crippen molar-refractivity contribution in [2.75, 3.05) is 45.0 Å². The second kappa shape index (κ2) is 24.4. The van der Waals surface area contributed by atoms with E-state index in [1.807, 2.05) is 53.7 Å². The van der Waals surface area contributed by atoms with Gasteiger partial charge in [-0.2, -0.15) is 0 Å². The van der Waals surface area contributed by atoms with Crippen molar-refractivity contribution in [3.05, 3.63) is 45.4 Å². The molecule has 2 aromatic carbocycles. The van der Waals surface area contributed by atoms with E-state index < -0.39 is 11.2 Å². The highest BCUT2D eigenvalue weighted by Gasteiger charge is 2.28. The Kier molecular flexibility index (Phi) is 22.5. The molecule has 55 heavy (non-hydrogen) atoms. The standard InChI is InChI=1S/C21H31Cl2NO4.C18H25Cl2NO4.2CH4/c1-5-8-24(9-6-7-22)16(12-20(25)28-21(2,3)4)10-15-11-18-19(13-17(15)23)27-14-26-18;1-18(2,3)25-17(22)9-13(21-6-4-5-19)7-12-8-15-16(10-14(12)20)24-11-23-15;;/h11,13,16H,5-10,12,14H2,1-4H3;8,10,13,21H,4-7,9,11H2,1-3H3;2*1H4/t16-;13-;;/m11../s1. The van der Waals surface area contributed by atoms with Gasteiger partial charge in [-0.1, -0.05) is 45.0 Å². The van der Waals surface area contributed by atoms with Gasteiger partial charge >= 0.3 is 11.9 Å². The highest BCUT2D eigenvalue weighted by atomic mass is 35.5. The number of carbonyl (C=O) groups is 2. The van der Waals surface area contributed by atoms with Gasteiger partial charge in [-0.05, 0) is 117 Å². The fraction of sp³-hybridized carbons (Fsp3) is 0.659. The first kappa shape index (κ1) is 50.7. The molecule has 0 amide bonds. The quantitative estimate of drug-likeness (QED) is 0.0885. The number of nitrogens with zero attached hydrogens (tertiary/aromatic N) is 1. The number of ether oxygens (including phenoxy) is 6. The van der Waals surface area contributed by atoms with E-state index in [0.717, 1.165) is 50.0 Å². The molecule has 0 saturated heterocycles. The second-order valence-corrected chi connectivity index (χ2v) is 16.6. The molecule has 2 aromatic rings. The van der Waals surface area contributed by atoms with Crippen molar-refractivity contribution in [1.82, 2.24) is 10.2 Å². The lowest BCUT2D eigenvalue weighted by atomic mass is 10.00. The van der Waals surface area contributed by atoms with Crippen LogP contribution in [0.1, 0.15) is 107 Å². The van der Waals surface area contributed by atoms with Gasteiger partial charge in [-0.25, -0.2) is 0 Å². The van der Waals surface area contributed by atoms with E-state index in [1.54, 1.807) is 12.1 Å². The van der Waals surface area contributed by atoms with E-state index in [9.17, 15) is 9.59 Å². The Bertz CT molecular complexity index is 1480. The van der Waals surface area contributed by atoms with Crippen LogP contribution in [0.25, 0.3) is 0 Å². The van der Waals surface area contributed by atoms with Crippen LogP contribution in [-0.4, -0.2) is 85.1 Å². The number of nitrogens with one attached hydrogen (secondary N) is 1. The number of hydrogen-bond acceptors (Lipinski definition) is 10. The van der Waals surface area contributed by atoms with Crippen molar-refractivity contribution in [2.45, 2.75) is 132 Å². The zero-order valence-electron chi connectivity index (χ0n) is 32.1. The average Bonchev–Trinajstić information content (AvgIpc) is 3.70. The smallest absolute Gasteiger partial charge is 0.307 e. The lowest BCUT2D eigenvalue weighted by molar-refractivity contribution is -0.157. The number of fused-ring (bicyclic) bond motifs is 2. The summed E-state index contributed by atoms with van der Waals surface area (Å²) in [4.78, 5) is 27.1. The molecule has 0 bridgehead atoms. The molecule has 0 aliphatic carbocycles. The Morgan fingerprint density at radius 2 is 1.18 bits per heavy atom. The molecule has 0 fully saturated rings. The fourth-order valence-electron chi connectivity index (χ4n) is 5.86. The van der Waals surface area contributed by atoms with Crippen LogP contribution >= 0.6 is 46.4 Å². The third-order valence-electron chi connectivity index (χ3n) is 8.01. The molecule has 314 valence electrons. The van der Waals surface area contributed by atoms with E-state index in [4.69, 9.17) is 74.8 Å². The maximum Gasteiger partial charge on any atom is 0.307 e. The van der Waals surface area contributed by atoms with Gasteiger partial charge in [0.2, 0.25) is 13.6 Å². The number of halogens is 4. The van der Waals surface area contributed by atoms with E-state index in [0.29, 0.717) is 64.1 Å². The van der Waals surface area contributed by atoms with E-state index in [-0.39, 0.29) is 58.9 Å². The lowest BCUT2D eigenvalue weighted by Crippen LogP contribution is -2.41. The Morgan fingerprint density at radius 1 is 0.727 bits per heavy atom. The van der Waals surface area contributed by atoms with Crippen LogP contribution < -0.4 is 24.3 Å². The fourth-order valence-corrected chi connectivity index (χ4v) is 6.57. The number of alkyl halides is 2. The minimum Gasteiger partial charge on any atom is -0.460 e. The molecule has 4 rings (SSSR count). The number of esters is 2. The third-order valence-corrected chi connectivity index (χ3v) is 9.25. The largest absolute Gasteiger partial charge is 0.460 e. The summed E-state index contributed by atoms with van der Waals surface area (Å²) < 4.78 is 32.6. The molecule has 2 aliphatic rings. The van der Waals surface area contributed by atoms with Gasteiger partial charge in [-0.3, -0.25) is 14.5 Å². The zero-order valence-corrected chi connectivity index (χ0v) is 35.1. The van der Waals surface area contributed by atoms with Crippen molar-refractivity contribution in [3.63, 3.8) is 0 Å². The monoisotopic (exact) mass is 852 g/mol. The molecule has 0 spiro atoms. The lowest BCUT2D eigenvalue weighted by Gasteiger charge is -2.32. The Morgan fingerprint density at radius 3 is 1.64 bits per heavy atom. The molecule has 0 unspecified atom stereocenters. The van der Waals surface area contributed by atoms with Gasteiger partial charge in [0, 0.05) is 46.0 Å². The Balaban J connectivity index is 0.000000534. The molecular weight excluding hydrogens is 790 g/mol. The molecular formula is C41H64Cl4N2O8. The number of rotatable bonds is 18. The molecule has 2 heterocycles. The van der Waals surface area contributed by atoms with Gasteiger partial charge in [-0.15, -0.1) is 23.2 Å². The molecule has 0 saturated carbocycles. The van der Waals surface area contributed by atoms with E-state index in [2.05, 4.69) is 17.1 Å². The molecule has 2 aliphatic heterocycles. The summed E-state index contributed by atoms with van der Waals surface area (Å²) in [5.74, 6) is 3.38. The maximum atomic E-state index is 12.6. The van der Waals surface area contributed by atoms with Gasteiger partial charge in [0.15, 0.2) is 23.0 Å². The molecule has 0 aromatic heterocycles. The predicted molar refractivity (Wildman–Crippen MR) is 225 cm³/mol. The minimum atomic E-state index is -0.510. The first-order valence-corrected chi connectivity index (χ1v) is 20.0. The van der Waals surface area contributed by atoms with Crippen molar-refractivity contribution < 1.29 is 38.0 Å². The van der Waals surface area contributed by atoms with Gasteiger partial charge in [0.1, 0.15) is 11.2 Å². The van der Waals surface area contributed by atoms with Gasteiger partial charge in [0.25, 0.3) is 0 Å². The first-order chi connectivity index (χ1) is 25.0. The highest BCUT2D eigenvalue weighted by molar-refractivity contribution is 6.32. The summed E-state index contributed by atoms with van der Waals surface area (Å²) in [6.45, 7) is 16.2. The number of benzene rings is 2. The normalized spacial score (nSPS) is 13.9. The maximum absolute atomic E-state index is 12.6. The molecule has 14 heteroatoms. The van der Waals surface area contributed by atoms with E-state index >= 15 is 0 Å². The van der Waals surface area contributed by atoms with Crippen molar-refractivity contribution >= 4 is 58.3 Å². The van der Waals surface area contributed by atoms with Crippen LogP contribution in [0.5, 0.6) is 23.0 Å². The minimum absolute atomic E-state index is 0. The Hall–Kier alpha value is -2.34. The first-order valence-electron chi connectivity index (χ1n) is 18.2. The second-order valence-electron chi connectivity index (χ2n) is 15.0. The summed E-state index contributed by atoms with van der Waals surface area (Å²) in [5, 5.41) is 4.58. The number of hydrogen-bond donors (Lipinski definition) is 1.